The molecule has 2 aromatic rings. The number of fused-ring (bicyclic) bond motifs is 2. The second-order valence-electron chi connectivity index (χ2n) is 3.59. The Labute approximate surface area is 112 Å². The topological polar surface area (TPSA) is 18.5 Å². The monoisotopic (exact) mass is 308 g/mol. The molecule has 3 rings (SSSR count). The van der Waals surface area contributed by atoms with Crippen molar-refractivity contribution >= 4 is 27.7 Å². The summed E-state index contributed by atoms with van der Waals surface area (Å²) in [5, 5.41) is 0. The van der Waals surface area contributed by atoms with Gasteiger partial charge in [0.15, 0.2) is 0 Å². The molecule has 0 N–H and O–H groups in total. The van der Waals surface area contributed by atoms with Crippen molar-refractivity contribution in [2.45, 2.75) is 9.79 Å². The highest BCUT2D eigenvalue weighted by molar-refractivity contribution is 9.10. The van der Waals surface area contributed by atoms with E-state index in [9.17, 15) is 0 Å². The van der Waals surface area contributed by atoms with E-state index in [-0.39, 0.29) is 0 Å². The molecule has 17 heavy (non-hydrogen) atoms. The Kier molecular flexibility index (Phi) is 2.76. The summed E-state index contributed by atoms with van der Waals surface area (Å²) in [5.41, 5.74) is 0. The summed E-state index contributed by atoms with van der Waals surface area (Å²) in [6, 6.07) is 11.9. The Morgan fingerprint density at radius 1 is 1.18 bits per heavy atom. The van der Waals surface area contributed by atoms with Gasteiger partial charge < -0.3 is 9.47 Å². The van der Waals surface area contributed by atoms with Gasteiger partial charge in [-0.3, -0.25) is 0 Å². The fourth-order valence-electron chi connectivity index (χ4n) is 1.72. The number of halogens is 1. The summed E-state index contributed by atoms with van der Waals surface area (Å²) >= 11 is 5.12. The molecule has 0 saturated carbocycles. The van der Waals surface area contributed by atoms with Crippen molar-refractivity contribution in [2.24, 2.45) is 0 Å². The standard InChI is InChI=1S/C13H9BrO2S/c1-15-10-6-8(14)7-11-13(10)17-12-5-3-2-4-9(12)16-11/h2-7H,1H3. The van der Waals surface area contributed by atoms with E-state index in [1.54, 1.807) is 18.9 Å². The Bertz CT molecular complexity index is 584. The molecule has 0 aromatic heterocycles. The minimum Gasteiger partial charge on any atom is -0.495 e. The maximum absolute atomic E-state index is 5.87. The van der Waals surface area contributed by atoms with Gasteiger partial charge in [0.1, 0.15) is 17.2 Å². The van der Waals surface area contributed by atoms with Gasteiger partial charge in [0.25, 0.3) is 0 Å². The molecule has 0 fully saturated rings. The zero-order valence-electron chi connectivity index (χ0n) is 9.07. The average molecular weight is 309 g/mol. The molecule has 86 valence electrons. The Morgan fingerprint density at radius 3 is 2.82 bits per heavy atom. The van der Waals surface area contributed by atoms with Crippen LogP contribution in [0.5, 0.6) is 17.2 Å². The highest BCUT2D eigenvalue weighted by atomic mass is 79.9. The van der Waals surface area contributed by atoms with Crippen molar-refractivity contribution in [3.05, 3.63) is 40.9 Å². The molecule has 1 heterocycles. The first-order valence-electron chi connectivity index (χ1n) is 5.10. The lowest BCUT2D eigenvalue weighted by Crippen LogP contribution is -1.97. The molecule has 0 aliphatic carbocycles. The molecule has 0 radical (unpaired) electrons. The zero-order valence-corrected chi connectivity index (χ0v) is 11.5. The normalized spacial score (nSPS) is 12.4. The quantitative estimate of drug-likeness (QED) is 0.648. The van der Waals surface area contributed by atoms with E-state index >= 15 is 0 Å². The molecule has 1 aliphatic rings. The van der Waals surface area contributed by atoms with Gasteiger partial charge in [0, 0.05) is 4.47 Å². The third kappa shape index (κ3) is 1.91. The van der Waals surface area contributed by atoms with Crippen molar-refractivity contribution in [3.8, 4) is 17.2 Å². The van der Waals surface area contributed by atoms with Gasteiger partial charge in [-0.25, -0.2) is 0 Å². The van der Waals surface area contributed by atoms with Crippen LogP contribution in [0.1, 0.15) is 0 Å². The average Bonchev–Trinajstić information content (AvgIpc) is 2.35. The van der Waals surface area contributed by atoms with E-state index < -0.39 is 0 Å². The van der Waals surface area contributed by atoms with Crippen molar-refractivity contribution in [2.75, 3.05) is 7.11 Å². The Morgan fingerprint density at radius 2 is 2.00 bits per heavy atom. The molecule has 1 aliphatic heterocycles. The van der Waals surface area contributed by atoms with Crippen LogP contribution in [0.3, 0.4) is 0 Å². The number of methoxy groups -OCH3 is 1. The molecule has 4 heteroatoms. The summed E-state index contributed by atoms with van der Waals surface area (Å²) in [4.78, 5) is 2.13. The molecule has 2 nitrogen and oxygen atoms in total. The number of rotatable bonds is 1. The van der Waals surface area contributed by atoms with E-state index in [0.29, 0.717) is 0 Å². The third-order valence-corrected chi connectivity index (χ3v) is 4.11. The SMILES string of the molecule is COc1cc(Br)cc2c1Sc1ccccc1O2. The van der Waals surface area contributed by atoms with Gasteiger partial charge >= 0.3 is 0 Å². The number of hydrogen-bond donors (Lipinski definition) is 0. The van der Waals surface area contributed by atoms with Gasteiger partial charge in [-0.05, 0) is 24.3 Å². The van der Waals surface area contributed by atoms with Crippen LogP contribution in [0.4, 0.5) is 0 Å². The lowest BCUT2D eigenvalue weighted by atomic mass is 10.3. The largest absolute Gasteiger partial charge is 0.495 e. The first-order valence-corrected chi connectivity index (χ1v) is 6.71. The minimum absolute atomic E-state index is 0.828. The first-order chi connectivity index (χ1) is 8.28. The van der Waals surface area contributed by atoms with Crippen molar-refractivity contribution < 1.29 is 9.47 Å². The van der Waals surface area contributed by atoms with Gasteiger partial charge in [-0.15, -0.1) is 0 Å². The fraction of sp³-hybridized carbons (Fsp3) is 0.0769. The predicted molar refractivity (Wildman–Crippen MR) is 71.3 cm³/mol. The molecule has 0 unspecified atom stereocenters. The molecule has 0 amide bonds. The van der Waals surface area contributed by atoms with Crippen LogP contribution in [-0.2, 0) is 0 Å². The molecule has 2 aromatic carbocycles. The summed E-state index contributed by atoms with van der Waals surface area (Å²) in [6.45, 7) is 0. The number of benzene rings is 2. The van der Waals surface area contributed by atoms with Crippen molar-refractivity contribution in [1.29, 1.82) is 0 Å². The smallest absolute Gasteiger partial charge is 0.146 e. The molecule has 0 spiro atoms. The van der Waals surface area contributed by atoms with Gasteiger partial charge in [0.2, 0.25) is 0 Å². The van der Waals surface area contributed by atoms with Crippen LogP contribution >= 0.6 is 27.7 Å². The minimum atomic E-state index is 0.828. The second-order valence-corrected chi connectivity index (χ2v) is 5.55. The fourth-order valence-corrected chi connectivity index (χ4v) is 3.16. The van der Waals surface area contributed by atoms with Crippen molar-refractivity contribution in [1.82, 2.24) is 0 Å². The number of para-hydroxylation sites is 1. The highest BCUT2D eigenvalue weighted by Gasteiger charge is 2.21. The van der Waals surface area contributed by atoms with E-state index in [1.165, 1.54) is 0 Å². The van der Waals surface area contributed by atoms with E-state index in [4.69, 9.17) is 9.47 Å². The first kappa shape index (κ1) is 11.0. The summed E-state index contributed by atoms with van der Waals surface area (Å²) in [6.07, 6.45) is 0. The second kappa shape index (κ2) is 4.27. The predicted octanol–water partition coefficient (Wildman–Crippen LogP) is 4.71. The number of ether oxygens (including phenoxy) is 2. The molecular weight excluding hydrogens is 300 g/mol. The maximum atomic E-state index is 5.87. The van der Waals surface area contributed by atoms with Crippen LogP contribution in [0.15, 0.2) is 50.7 Å². The van der Waals surface area contributed by atoms with E-state index in [2.05, 4.69) is 15.9 Å². The maximum Gasteiger partial charge on any atom is 0.146 e. The van der Waals surface area contributed by atoms with E-state index in [1.807, 2.05) is 36.4 Å². The van der Waals surface area contributed by atoms with Crippen LogP contribution < -0.4 is 9.47 Å². The summed E-state index contributed by atoms with van der Waals surface area (Å²) < 4.78 is 12.2. The Balaban J connectivity index is 2.14. The van der Waals surface area contributed by atoms with E-state index in [0.717, 1.165) is 31.5 Å². The van der Waals surface area contributed by atoms with Crippen LogP contribution in [-0.4, -0.2) is 7.11 Å². The van der Waals surface area contributed by atoms with Crippen molar-refractivity contribution in [3.63, 3.8) is 0 Å². The van der Waals surface area contributed by atoms with Gasteiger partial charge in [0.05, 0.1) is 16.9 Å². The Hall–Kier alpha value is -1.13. The third-order valence-electron chi connectivity index (χ3n) is 2.49. The molecule has 0 atom stereocenters. The zero-order chi connectivity index (χ0) is 11.8. The van der Waals surface area contributed by atoms with Gasteiger partial charge in [-0.2, -0.15) is 0 Å². The highest BCUT2D eigenvalue weighted by Crippen LogP contribution is 2.51. The summed E-state index contributed by atoms with van der Waals surface area (Å²) in [5.74, 6) is 2.55. The lowest BCUT2D eigenvalue weighted by Gasteiger charge is -2.21. The van der Waals surface area contributed by atoms with Crippen LogP contribution in [0, 0.1) is 0 Å². The molecule has 0 saturated heterocycles. The lowest BCUT2D eigenvalue weighted by molar-refractivity contribution is 0.389. The number of hydrogen-bond acceptors (Lipinski definition) is 3. The summed E-state index contributed by atoms with van der Waals surface area (Å²) in [7, 11) is 1.67. The van der Waals surface area contributed by atoms with Crippen LogP contribution in [0.2, 0.25) is 0 Å². The molecular formula is C13H9BrO2S. The molecule has 0 bridgehead atoms. The van der Waals surface area contributed by atoms with Crippen LogP contribution in [0.25, 0.3) is 0 Å². The van der Waals surface area contributed by atoms with Gasteiger partial charge in [-0.1, -0.05) is 39.8 Å².